The minimum absolute atomic E-state index is 0.262. The predicted molar refractivity (Wildman–Crippen MR) is 73.3 cm³/mol. The molecule has 0 aromatic heterocycles. The van der Waals surface area contributed by atoms with Crippen LogP contribution in [-0.4, -0.2) is 6.54 Å². The molecule has 2 aromatic rings. The lowest BCUT2D eigenvalue weighted by molar-refractivity contribution is 0.593. The molecule has 2 aromatic carbocycles. The minimum atomic E-state index is -0.273. The first-order valence-corrected chi connectivity index (χ1v) is 6.05. The highest BCUT2D eigenvalue weighted by atomic mass is 35.5. The number of rotatable bonds is 4. The second-order valence-corrected chi connectivity index (χ2v) is 4.40. The van der Waals surface area contributed by atoms with E-state index in [1.807, 2.05) is 12.1 Å². The summed E-state index contributed by atoms with van der Waals surface area (Å²) >= 11 is 5.90. The molecule has 0 aliphatic carbocycles. The number of benzene rings is 2. The smallest absolute Gasteiger partial charge is 0.128 e. The van der Waals surface area contributed by atoms with Crippen molar-refractivity contribution in [2.75, 3.05) is 11.9 Å². The molecule has 0 spiro atoms. The van der Waals surface area contributed by atoms with Crippen LogP contribution in [0, 0.1) is 5.82 Å². The lowest BCUT2D eigenvalue weighted by Crippen LogP contribution is -2.21. The van der Waals surface area contributed by atoms with Gasteiger partial charge in [0.05, 0.1) is 6.04 Å². The van der Waals surface area contributed by atoms with Crippen LogP contribution in [0.1, 0.15) is 11.6 Å². The third kappa shape index (κ3) is 3.00. The van der Waals surface area contributed by atoms with Crippen LogP contribution in [0.15, 0.2) is 48.5 Å². The molecule has 1 unspecified atom stereocenters. The Morgan fingerprint density at radius 2 is 1.94 bits per heavy atom. The molecule has 0 aliphatic rings. The lowest BCUT2D eigenvalue weighted by Gasteiger charge is -2.19. The van der Waals surface area contributed by atoms with Crippen LogP contribution in [0.25, 0.3) is 0 Å². The van der Waals surface area contributed by atoms with Crippen molar-refractivity contribution >= 4 is 17.3 Å². The predicted octanol–water partition coefficient (Wildman–Crippen LogP) is 3.59. The van der Waals surface area contributed by atoms with Gasteiger partial charge in [0.1, 0.15) is 5.82 Å². The van der Waals surface area contributed by atoms with Crippen molar-refractivity contribution in [3.8, 4) is 0 Å². The van der Waals surface area contributed by atoms with Crippen LogP contribution in [0.4, 0.5) is 10.1 Å². The summed E-state index contributed by atoms with van der Waals surface area (Å²) in [5.41, 5.74) is 7.07. The number of hydrogen-bond acceptors (Lipinski definition) is 2. The maximum Gasteiger partial charge on any atom is 0.128 e. The van der Waals surface area contributed by atoms with Crippen molar-refractivity contribution in [1.82, 2.24) is 0 Å². The SMILES string of the molecule is NCC(Nc1cccc(Cl)c1)c1ccccc1F. The molecule has 0 saturated carbocycles. The summed E-state index contributed by atoms with van der Waals surface area (Å²) in [6.45, 7) is 0.299. The zero-order valence-electron chi connectivity index (χ0n) is 9.74. The van der Waals surface area contributed by atoms with E-state index in [-0.39, 0.29) is 11.9 Å². The van der Waals surface area contributed by atoms with Crippen molar-refractivity contribution in [2.45, 2.75) is 6.04 Å². The van der Waals surface area contributed by atoms with Crippen molar-refractivity contribution < 1.29 is 4.39 Å². The second-order valence-electron chi connectivity index (χ2n) is 3.96. The van der Waals surface area contributed by atoms with E-state index in [1.54, 1.807) is 30.3 Å². The van der Waals surface area contributed by atoms with Crippen molar-refractivity contribution in [3.63, 3.8) is 0 Å². The molecule has 0 radical (unpaired) electrons. The molecule has 1 atom stereocenters. The third-order valence-electron chi connectivity index (χ3n) is 2.68. The molecule has 18 heavy (non-hydrogen) atoms. The van der Waals surface area contributed by atoms with Crippen LogP contribution in [0.2, 0.25) is 5.02 Å². The zero-order valence-corrected chi connectivity index (χ0v) is 10.5. The van der Waals surface area contributed by atoms with E-state index in [0.29, 0.717) is 17.1 Å². The van der Waals surface area contributed by atoms with Crippen molar-refractivity contribution in [3.05, 3.63) is 64.9 Å². The molecule has 0 saturated heterocycles. The van der Waals surface area contributed by atoms with E-state index in [9.17, 15) is 4.39 Å². The van der Waals surface area contributed by atoms with E-state index < -0.39 is 0 Å². The minimum Gasteiger partial charge on any atom is -0.377 e. The van der Waals surface area contributed by atoms with E-state index in [1.165, 1.54) is 6.07 Å². The highest BCUT2D eigenvalue weighted by molar-refractivity contribution is 6.30. The maximum atomic E-state index is 13.7. The fraction of sp³-hybridized carbons (Fsp3) is 0.143. The Balaban J connectivity index is 2.23. The zero-order chi connectivity index (χ0) is 13.0. The summed E-state index contributed by atoms with van der Waals surface area (Å²) in [5.74, 6) is -0.262. The number of nitrogens with two attached hydrogens (primary N) is 1. The fourth-order valence-electron chi connectivity index (χ4n) is 1.80. The third-order valence-corrected chi connectivity index (χ3v) is 2.92. The van der Waals surface area contributed by atoms with Gasteiger partial charge in [-0.3, -0.25) is 0 Å². The fourth-order valence-corrected chi connectivity index (χ4v) is 1.99. The Hall–Kier alpha value is -1.58. The Kier molecular flexibility index (Phi) is 4.18. The first-order valence-electron chi connectivity index (χ1n) is 5.67. The van der Waals surface area contributed by atoms with Gasteiger partial charge in [-0.25, -0.2) is 4.39 Å². The Morgan fingerprint density at radius 3 is 2.61 bits per heavy atom. The van der Waals surface area contributed by atoms with Gasteiger partial charge in [-0.1, -0.05) is 35.9 Å². The molecule has 3 N–H and O–H groups in total. The molecule has 0 amide bonds. The molecule has 0 bridgehead atoms. The van der Waals surface area contributed by atoms with Crippen LogP contribution in [0.3, 0.4) is 0 Å². The van der Waals surface area contributed by atoms with Crippen molar-refractivity contribution in [1.29, 1.82) is 0 Å². The normalized spacial score (nSPS) is 12.2. The molecule has 0 aliphatic heterocycles. The van der Waals surface area contributed by atoms with E-state index in [4.69, 9.17) is 17.3 Å². The van der Waals surface area contributed by atoms with Gasteiger partial charge in [-0.2, -0.15) is 0 Å². The van der Waals surface area contributed by atoms with Gasteiger partial charge in [0.2, 0.25) is 0 Å². The highest BCUT2D eigenvalue weighted by Crippen LogP contribution is 2.23. The number of halogens is 2. The van der Waals surface area contributed by atoms with Crippen LogP contribution >= 0.6 is 11.6 Å². The first-order chi connectivity index (χ1) is 8.70. The van der Waals surface area contributed by atoms with E-state index in [2.05, 4.69) is 5.32 Å². The topological polar surface area (TPSA) is 38.0 Å². The highest BCUT2D eigenvalue weighted by Gasteiger charge is 2.13. The van der Waals surface area contributed by atoms with E-state index in [0.717, 1.165) is 5.69 Å². The van der Waals surface area contributed by atoms with Crippen molar-refractivity contribution in [2.24, 2.45) is 5.73 Å². The van der Waals surface area contributed by atoms with Gasteiger partial charge in [0.15, 0.2) is 0 Å². The summed E-state index contributed by atoms with van der Waals surface area (Å²) in [5, 5.41) is 3.81. The Labute approximate surface area is 111 Å². The average Bonchev–Trinajstić information content (AvgIpc) is 2.37. The van der Waals surface area contributed by atoms with Gasteiger partial charge < -0.3 is 11.1 Å². The van der Waals surface area contributed by atoms with Crippen LogP contribution in [0.5, 0.6) is 0 Å². The maximum absolute atomic E-state index is 13.7. The molecular weight excluding hydrogens is 251 g/mol. The van der Waals surface area contributed by atoms with Gasteiger partial charge >= 0.3 is 0 Å². The standard InChI is InChI=1S/C14H14ClFN2/c15-10-4-3-5-11(8-10)18-14(9-17)12-6-1-2-7-13(12)16/h1-8,14,18H,9,17H2. The van der Waals surface area contributed by atoms with Gasteiger partial charge in [-0.15, -0.1) is 0 Å². The summed E-state index contributed by atoms with van der Waals surface area (Å²) in [4.78, 5) is 0. The van der Waals surface area contributed by atoms with Gasteiger partial charge in [-0.05, 0) is 24.3 Å². The van der Waals surface area contributed by atoms with Crippen LogP contribution in [-0.2, 0) is 0 Å². The number of anilines is 1. The number of nitrogens with one attached hydrogen (secondary N) is 1. The first kappa shape index (κ1) is 12.9. The summed E-state index contributed by atoms with van der Waals surface area (Å²) in [6, 6.07) is 13.6. The monoisotopic (exact) mass is 264 g/mol. The molecule has 94 valence electrons. The molecule has 0 heterocycles. The molecule has 4 heteroatoms. The molecule has 0 fully saturated rings. The quantitative estimate of drug-likeness (QED) is 0.886. The van der Waals surface area contributed by atoms with Crippen LogP contribution < -0.4 is 11.1 Å². The molecule has 2 rings (SSSR count). The Bertz CT molecular complexity index is 531. The summed E-state index contributed by atoms with van der Waals surface area (Å²) in [6.07, 6.45) is 0. The van der Waals surface area contributed by atoms with Gasteiger partial charge in [0, 0.05) is 22.8 Å². The largest absolute Gasteiger partial charge is 0.377 e. The lowest BCUT2D eigenvalue weighted by atomic mass is 10.1. The summed E-state index contributed by atoms with van der Waals surface area (Å²) in [7, 11) is 0. The Morgan fingerprint density at radius 1 is 1.17 bits per heavy atom. The average molecular weight is 265 g/mol. The second kappa shape index (κ2) is 5.85. The number of hydrogen-bond donors (Lipinski definition) is 2. The molecular formula is C14H14ClFN2. The summed E-state index contributed by atoms with van der Waals surface area (Å²) < 4.78 is 13.7. The van der Waals surface area contributed by atoms with Gasteiger partial charge in [0.25, 0.3) is 0 Å². The van der Waals surface area contributed by atoms with E-state index >= 15 is 0 Å². The molecule has 2 nitrogen and oxygen atoms in total.